The fourth-order valence-corrected chi connectivity index (χ4v) is 1.73. The highest BCUT2D eigenvalue weighted by molar-refractivity contribution is 5.89. The predicted octanol–water partition coefficient (Wildman–Crippen LogP) is -0.262. The lowest BCUT2D eigenvalue weighted by molar-refractivity contribution is -0.138. The van der Waals surface area contributed by atoms with Gasteiger partial charge in [-0.25, -0.2) is 0 Å². The second-order valence-electron chi connectivity index (χ2n) is 4.66. The number of carbonyl (C=O) groups is 3. The zero-order valence-corrected chi connectivity index (χ0v) is 10.0. The first kappa shape index (κ1) is 13.5. The standard InChI is InChI=1S/C11H18N2O4/c1-6(2)8(4-10(15)16)13-11(17)7-3-9(14)12-5-7/h6-8H,3-5H2,1-2H3,(H,12,14)(H,13,17)(H,15,16). The fraction of sp³-hybridized carbons (Fsp3) is 0.727. The van der Waals surface area contributed by atoms with Crippen LogP contribution in [0.3, 0.4) is 0 Å². The Morgan fingerprint density at radius 3 is 2.59 bits per heavy atom. The lowest BCUT2D eigenvalue weighted by atomic mass is 9.99. The fourth-order valence-electron chi connectivity index (χ4n) is 1.73. The van der Waals surface area contributed by atoms with Crippen LogP contribution in [0.15, 0.2) is 0 Å². The Hall–Kier alpha value is -1.59. The van der Waals surface area contributed by atoms with Gasteiger partial charge in [-0.1, -0.05) is 13.8 Å². The SMILES string of the molecule is CC(C)C(CC(=O)O)NC(=O)C1CNC(=O)C1. The summed E-state index contributed by atoms with van der Waals surface area (Å²) < 4.78 is 0. The second-order valence-corrected chi connectivity index (χ2v) is 4.66. The summed E-state index contributed by atoms with van der Waals surface area (Å²) in [5.74, 6) is -1.66. The van der Waals surface area contributed by atoms with Crippen molar-refractivity contribution in [3.8, 4) is 0 Å². The molecule has 2 unspecified atom stereocenters. The average Bonchev–Trinajstić information content (AvgIpc) is 2.63. The van der Waals surface area contributed by atoms with E-state index in [-0.39, 0.29) is 36.5 Å². The van der Waals surface area contributed by atoms with E-state index in [1.165, 1.54) is 0 Å². The molecular weight excluding hydrogens is 224 g/mol. The molecule has 0 saturated carbocycles. The highest BCUT2D eigenvalue weighted by Gasteiger charge is 2.30. The molecule has 17 heavy (non-hydrogen) atoms. The highest BCUT2D eigenvalue weighted by atomic mass is 16.4. The first-order valence-electron chi connectivity index (χ1n) is 5.69. The van der Waals surface area contributed by atoms with Gasteiger partial charge in [0.05, 0.1) is 12.3 Å². The maximum absolute atomic E-state index is 11.8. The van der Waals surface area contributed by atoms with E-state index in [1.54, 1.807) is 0 Å². The quantitative estimate of drug-likeness (QED) is 0.619. The minimum Gasteiger partial charge on any atom is -0.481 e. The summed E-state index contributed by atoms with van der Waals surface area (Å²) in [6, 6.07) is -0.393. The minimum atomic E-state index is -0.940. The summed E-state index contributed by atoms with van der Waals surface area (Å²) in [5.41, 5.74) is 0. The summed E-state index contributed by atoms with van der Waals surface area (Å²) in [5, 5.41) is 14.0. The van der Waals surface area contributed by atoms with Crippen molar-refractivity contribution in [1.82, 2.24) is 10.6 Å². The van der Waals surface area contributed by atoms with Crippen LogP contribution >= 0.6 is 0 Å². The Labute approximate surface area is 99.8 Å². The van der Waals surface area contributed by atoms with Crippen molar-refractivity contribution >= 4 is 17.8 Å². The van der Waals surface area contributed by atoms with Crippen LogP contribution in [0.5, 0.6) is 0 Å². The van der Waals surface area contributed by atoms with Crippen molar-refractivity contribution in [2.45, 2.75) is 32.7 Å². The number of carboxylic acid groups (broad SMARTS) is 1. The molecule has 1 aliphatic heterocycles. The zero-order valence-electron chi connectivity index (χ0n) is 10.0. The maximum Gasteiger partial charge on any atom is 0.305 e. The summed E-state index contributed by atoms with van der Waals surface area (Å²) in [6.45, 7) is 4.04. The largest absolute Gasteiger partial charge is 0.481 e. The highest BCUT2D eigenvalue weighted by Crippen LogP contribution is 2.12. The van der Waals surface area contributed by atoms with Gasteiger partial charge in [-0.2, -0.15) is 0 Å². The smallest absolute Gasteiger partial charge is 0.305 e. The van der Waals surface area contributed by atoms with Gasteiger partial charge >= 0.3 is 5.97 Å². The Morgan fingerprint density at radius 1 is 1.53 bits per heavy atom. The number of hydrogen-bond donors (Lipinski definition) is 3. The van der Waals surface area contributed by atoms with Gasteiger partial charge in [-0.3, -0.25) is 14.4 Å². The van der Waals surface area contributed by atoms with Gasteiger partial charge in [-0.05, 0) is 5.92 Å². The molecule has 0 aliphatic carbocycles. The van der Waals surface area contributed by atoms with E-state index in [9.17, 15) is 14.4 Å². The molecule has 0 spiro atoms. The van der Waals surface area contributed by atoms with Crippen LogP contribution in [0, 0.1) is 11.8 Å². The molecule has 6 heteroatoms. The van der Waals surface area contributed by atoms with E-state index in [4.69, 9.17) is 5.11 Å². The molecule has 1 aliphatic rings. The molecule has 0 bridgehead atoms. The third kappa shape index (κ3) is 4.05. The summed E-state index contributed by atoms with van der Waals surface area (Å²) in [4.78, 5) is 33.4. The Bertz CT molecular complexity index is 327. The van der Waals surface area contributed by atoms with Gasteiger partial charge in [0.15, 0.2) is 0 Å². The molecule has 0 aromatic carbocycles. The Balaban J connectivity index is 2.52. The molecule has 1 heterocycles. The number of carboxylic acids is 1. The summed E-state index contributed by atoms with van der Waals surface area (Å²) in [6.07, 6.45) is 0.0845. The van der Waals surface area contributed by atoms with Gasteiger partial charge in [0.2, 0.25) is 11.8 Å². The number of aliphatic carboxylic acids is 1. The van der Waals surface area contributed by atoms with Crippen molar-refractivity contribution in [2.75, 3.05) is 6.54 Å². The topological polar surface area (TPSA) is 95.5 Å². The molecule has 1 saturated heterocycles. The van der Waals surface area contributed by atoms with Gasteiger partial charge < -0.3 is 15.7 Å². The molecule has 3 N–H and O–H groups in total. The number of amides is 2. The van der Waals surface area contributed by atoms with Crippen LogP contribution in [0.25, 0.3) is 0 Å². The van der Waals surface area contributed by atoms with E-state index in [1.807, 2.05) is 13.8 Å². The zero-order chi connectivity index (χ0) is 13.0. The first-order chi connectivity index (χ1) is 7.90. The molecule has 0 radical (unpaired) electrons. The van der Waals surface area contributed by atoms with Crippen LogP contribution < -0.4 is 10.6 Å². The van der Waals surface area contributed by atoms with Gasteiger partial charge in [-0.15, -0.1) is 0 Å². The van der Waals surface area contributed by atoms with Gasteiger partial charge in [0, 0.05) is 19.0 Å². The lowest BCUT2D eigenvalue weighted by Crippen LogP contribution is -2.43. The summed E-state index contributed by atoms with van der Waals surface area (Å²) >= 11 is 0. The third-order valence-corrected chi connectivity index (χ3v) is 2.88. The van der Waals surface area contributed by atoms with Crippen LogP contribution in [0.4, 0.5) is 0 Å². The van der Waals surface area contributed by atoms with Gasteiger partial charge in [0.25, 0.3) is 0 Å². The van der Waals surface area contributed by atoms with Crippen molar-refractivity contribution in [3.05, 3.63) is 0 Å². The molecule has 0 aromatic heterocycles. The number of carbonyl (C=O) groups excluding carboxylic acids is 2. The van der Waals surface area contributed by atoms with Crippen molar-refractivity contribution in [2.24, 2.45) is 11.8 Å². The average molecular weight is 242 g/mol. The predicted molar refractivity (Wildman–Crippen MR) is 60.1 cm³/mol. The van der Waals surface area contributed by atoms with Crippen LogP contribution in [-0.4, -0.2) is 35.5 Å². The molecule has 2 amide bonds. The third-order valence-electron chi connectivity index (χ3n) is 2.88. The molecule has 1 fully saturated rings. The molecule has 1 rings (SSSR count). The van der Waals surface area contributed by atoms with Crippen molar-refractivity contribution < 1.29 is 19.5 Å². The van der Waals surface area contributed by atoms with Crippen LogP contribution in [-0.2, 0) is 14.4 Å². The molecular formula is C11H18N2O4. The number of hydrogen-bond acceptors (Lipinski definition) is 3. The van der Waals surface area contributed by atoms with Gasteiger partial charge in [0.1, 0.15) is 0 Å². The van der Waals surface area contributed by atoms with Crippen LogP contribution in [0.2, 0.25) is 0 Å². The van der Waals surface area contributed by atoms with E-state index in [0.29, 0.717) is 6.54 Å². The first-order valence-corrected chi connectivity index (χ1v) is 5.69. The normalized spacial score (nSPS) is 21.1. The second kappa shape index (κ2) is 5.65. The molecule has 6 nitrogen and oxygen atoms in total. The summed E-state index contributed by atoms with van der Waals surface area (Å²) in [7, 11) is 0. The molecule has 2 atom stereocenters. The molecule has 0 aromatic rings. The van der Waals surface area contributed by atoms with Crippen molar-refractivity contribution in [3.63, 3.8) is 0 Å². The molecule has 96 valence electrons. The number of nitrogens with one attached hydrogen (secondary N) is 2. The lowest BCUT2D eigenvalue weighted by Gasteiger charge is -2.22. The minimum absolute atomic E-state index is 0.0418. The van der Waals surface area contributed by atoms with Crippen LogP contribution in [0.1, 0.15) is 26.7 Å². The monoisotopic (exact) mass is 242 g/mol. The van der Waals surface area contributed by atoms with E-state index in [2.05, 4.69) is 10.6 Å². The van der Waals surface area contributed by atoms with E-state index >= 15 is 0 Å². The van der Waals surface area contributed by atoms with E-state index < -0.39 is 12.0 Å². The Morgan fingerprint density at radius 2 is 2.18 bits per heavy atom. The van der Waals surface area contributed by atoms with E-state index in [0.717, 1.165) is 0 Å². The maximum atomic E-state index is 11.8. The van der Waals surface area contributed by atoms with Crippen molar-refractivity contribution in [1.29, 1.82) is 0 Å². The number of rotatable bonds is 5. The Kier molecular flexibility index (Phi) is 4.48.